The number of nitrogens with one attached hydrogen (secondary N) is 1. The van der Waals surface area contributed by atoms with Crippen LogP contribution in [0.1, 0.15) is 29.5 Å². The van der Waals surface area contributed by atoms with Crippen LogP contribution in [-0.4, -0.2) is 24.6 Å². The third-order valence-corrected chi connectivity index (χ3v) is 4.32. The van der Waals surface area contributed by atoms with Crippen molar-refractivity contribution in [2.45, 2.75) is 27.2 Å². The summed E-state index contributed by atoms with van der Waals surface area (Å²) in [5.41, 5.74) is 1.80. The summed E-state index contributed by atoms with van der Waals surface area (Å²) in [5.74, 6) is 1.14. The predicted octanol–water partition coefficient (Wildman–Crippen LogP) is 4.21. The maximum absolute atomic E-state index is 12.0. The summed E-state index contributed by atoms with van der Waals surface area (Å²) in [6.45, 7) is 6.59. The first kappa shape index (κ1) is 18.0. The largest absolute Gasteiger partial charge is 0.493 e. The zero-order valence-corrected chi connectivity index (χ0v) is 15.2. The number of hydrogen-bond donors (Lipinski definition) is 1. The van der Waals surface area contributed by atoms with Gasteiger partial charge in [-0.25, -0.2) is 4.98 Å². The number of thiazole rings is 1. The summed E-state index contributed by atoms with van der Waals surface area (Å²) in [6.07, 6.45) is 4.14. The van der Waals surface area contributed by atoms with Crippen molar-refractivity contribution in [3.8, 4) is 11.5 Å². The Morgan fingerprint density at radius 1 is 1.33 bits per heavy atom. The average molecular weight is 346 g/mol. The summed E-state index contributed by atoms with van der Waals surface area (Å²) < 4.78 is 10.9. The van der Waals surface area contributed by atoms with Crippen molar-refractivity contribution in [2.24, 2.45) is 0 Å². The lowest BCUT2D eigenvalue weighted by Gasteiger charge is -2.10. The van der Waals surface area contributed by atoms with Gasteiger partial charge in [0.05, 0.1) is 19.4 Å². The number of ether oxygens (including phenoxy) is 2. The first-order valence-corrected chi connectivity index (χ1v) is 8.59. The molecular weight excluding hydrogens is 324 g/mol. The van der Waals surface area contributed by atoms with Crippen LogP contribution in [0.5, 0.6) is 11.5 Å². The third-order valence-electron chi connectivity index (χ3n) is 3.34. The Balaban J connectivity index is 2.03. The van der Waals surface area contributed by atoms with Crippen LogP contribution >= 0.6 is 11.3 Å². The number of carbonyl (C=O) groups is 1. The van der Waals surface area contributed by atoms with Crippen LogP contribution in [0.4, 0.5) is 5.13 Å². The molecule has 0 fully saturated rings. The fraction of sp³-hybridized carbons (Fsp3) is 0.333. The molecule has 6 heteroatoms. The number of carbonyl (C=O) groups excluding carboxylic acids is 1. The highest BCUT2D eigenvalue weighted by molar-refractivity contribution is 7.15. The van der Waals surface area contributed by atoms with Gasteiger partial charge in [-0.3, -0.25) is 10.1 Å². The summed E-state index contributed by atoms with van der Waals surface area (Å²) in [7, 11) is 1.60. The molecule has 1 aromatic heterocycles. The Bertz CT molecular complexity index is 718. The molecule has 1 aromatic carbocycles. The second-order valence-electron chi connectivity index (χ2n) is 5.24. The minimum atomic E-state index is -0.214. The van der Waals surface area contributed by atoms with E-state index in [4.69, 9.17) is 9.47 Å². The quantitative estimate of drug-likeness (QED) is 0.763. The van der Waals surface area contributed by atoms with Crippen molar-refractivity contribution in [3.05, 3.63) is 40.4 Å². The number of aryl methyl sites for hydroxylation is 2. The van der Waals surface area contributed by atoms with Gasteiger partial charge in [-0.1, -0.05) is 13.0 Å². The van der Waals surface area contributed by atoms with E-state index in [0.717, 1.165) is 22.6 Å². The van der Waals surface area contributed by atoms with Gasteiger partial charge < -0.3 is 9.47 Å². The number of anilines is 1. The number of amides is 1. The van der Waals surface area contributed by atoms with Crippen LogP contribution in [0.2, 0.25) is 0 Å². The Hall–Kier alpha value is -2.34. The number of hydrogen-bond acceptors (Lipinski definition) is 5. The van der Waals surface area contributed by atoms with Crippen molar-refractivity contribution in [2.75, 3.05) is 19.0 Å². The number of nitrogens with zero attached hydrogens (tertiary/aromatic N) is 1. The van der Waals surface area contributed by atoms with Crippen LogP contribution in [0.3, 0.4) is 0 Å². The summed E-state index contributed by atoms with van der Waals surface area (Å²) in [5, 5.41) is 3.38. The maximum Gasteiger partial charge on any atom is 0.250 e. The predicted molar refractivity (Wildman–Crippen MR) is 98.0 cm³/mol. The molecule has 0 saturated heterocycles. The Kier molecular flexibility index (Phi) is 6.37. The first-order valence-electron chi connectivity index (χ1n) is 7.77. The van der Waals surface area contributed by atoms with E-state index in [-0.39, 0.29) is 5.91 Å². The highest BCUT2D eigenvalue weighted by Crippen LogP contribution is 2.28. The van der Waals surface area contributed by atoms with Crippen molar-refractivity contribution >= 4 is 28.5 Å². The lowest BCUT2D eigenvalue weighted by atomic mass is 10.2. The summed E-state index contributed by atoms with van der Waals surface area (Å²) in [4.78, 5) is 17.4. The van der Waals surface area contributed by atoms with Gasteiger partial charge in [0.15, 0.2) is 16.6 Å². The normalized spacial score (nSPS) is 10.8. The molecule has 0 bridgehead atoms. The fourth-order valence-corrected chi connectivity index (χ4v) is 2.78. The van der Waals surface area contributed by atoms with Crippen LogP contribution < -0.4 is 14.8 Å². The number of aromatic nitrogens is 1. The molecule has 0 aliphatic carbocycles. The molecule has 0 saturated carbocycles. The Labute approximate surface area is 146 Å². The van der Waals surface area contributed by atoms with E-state index in [1.165, 1.54) is 17.4 Å². The van der Waals surface area contributed by atoms with E-state index < -0.39 is 0 Å². The van der Waals surface area contributed by atoms with Gasteiger partial charge in [0.2, 0.25) is 5.91 Å². The minimum absolute atomic E-state index is 0.214. The molecule has 0 radical (unpaired) electrons. The average Bonchev–Trinajstić information content (AvgIpc) is 2.88. The molecule has 1 amide bonds. The number of rotatable bonds is 7. The van der Waals surface area contributed by atoms with Crippen LogP contribution in [-0.2, 0) is 4.79 Å². The summed E-state index contributed by atoms with van der Waals surface area (Å²) >= 11 is 1.47. The monoisotopic (exact) mass is 346 g/mol. The SMILES string of the molecule is CCCOc1ccc(C=CC(=O)Nc2nc(C)c(C)s2)cc1OC. The van der Waals surface area contributed by atoms with Crippen molar-refractivity contribution in [3.63, 3.8) is 0 Å². The molecule has 0 aliphatic rings. The molecule has 0 unspecified atom stereocenters. The van der Waals surface area contributed by atoms with E-state index in [2.05, 4.69) is 10.3 Å². The third kappa shape index (κ3) is 4.83. The topological polar surface area (TPSA) is 60.5 Å². The van der Waals surface area contributed by atoms with Crippen LogP contribution in [0.25, 0.3) is 6.08 Å². The Morgan fingerprint density at radius 3 is 2.75 bits per heavy atom. The van der Waals surface area contributed by atoms with Gasteiger partial charge in [0.25, 0.3) is 0 Å². The van der Waals surface area contributed by atoms with E-state index in [1.54, 1.807) is 13.2 Å². The molecule has 128 valence electrons. The number of benzene rings is 1. The zero-order chi connectivity index (χ0) is 17.5. The maximum atomic E-state index is 12.0. The van der Waals surface area contributed by atoms with Crippen LogP contribution in [0, 0.1) is 13.8 Å². The Morgan fingerprint density at radius 2 is 2.12 bits per heavy atom. The standard InChI is InChI=1S/C18H22N2O3S/c1-5-10-23-15-8-6-14(11-16(15)22-4)7-9-17(21)20-18-19-12(2)13(3)24-18/h6-9,11H,5,10H2,1-4H3,(H,19,20,21). The van der Waals surface area contributed by atoms with Gasteiger partial charge >= 0.3 is 0 Å². The second kappa shape index (κ2) is 8.49. The second-order valence-corrected chi connectivity index (χ2v) is 6.45. The zero-order valence-electron chi connectivity index (χ0n) is 14.4. The molecule has 1 N–H and O–H groups in total. The van der Waals surface area contributed by atoms with E-state index in [9.17, 15) is 4.79 Å². The van der Waals surface area contributed by atoms with E-state index in [0.29, 0.717) is 23.2 Å². The van der Waals surface area contributed by atoms with Gasteiger partial charge in [-0.05, 0) is 44.0 Å². The molecule has 5 nitrogen and oxygen atoms in total. The first-order chi connectivity index (χ1) is 11.5. The smallest absolute Gasteiger partial charge is 0.250 e. The highest BCUT2D eigenvalue weighted by atomic mass is 32.1. The lowest BCUT2D eigenvalue weighted by Crippen LogP contribution is -2.07. The fourth-order valence-electron chi connectivity index (χ4n) is 1.96. The molecule has 0 spiro atoms. The van der Waals surface area contributed by atoms with Gasteiger partial charge in [0.1, 0.15) is 0 Å². The number of methoxy groups -OCH3 is 1. The van der Waals surface area contributed by atoms with Crippen molar-refractivity contribution in [1.82, 2.24) is 4.98 Å². The van der Waals surface area contributed by atoms with Gasteiger partial charge in [-0.2, -0.15) is 0 Å². The lowest BCUT2D eigenvalue weighted by molar-refractivity contribution is -0.111. The molecule has 1 heterocycles. The minimum Gasteiger partial charge on any atom is -0.493 e. The van der Waals surface area contributed by atoms with Crippen LogP contribution in [0.15, 0.2) is 24.3 Å². The van der Waals surface area contributed by atoms with Gasteiger partial charge in [0, 0.05) is 11.0 Å². The molecule has 24 heavy (non-hydrogen) atoms. The van der Waals surface area contributed by atoms with E-state index >= 15 is 0 Å². The molecule has 2 rings (SSSR count). The molecule has 0 atom stereocenters. The summed E-state index contributed by atoms with van der Waals surface area (Å²) in [6, 6.07) is 5.57. The molecular formula is C18H22N2O3S. The van der Waals surface area contributed by atoms with Gasteiger partial charge in [-0.15, -0.1) is 11.3 Å². The van der Waals surface area contributed by atoms with Crippen molar-refractivity contribution in [1.29, 1.82) is 0 Å². The molecule has 0 aliphatic heterocycles. The van der Waals surface area contributed by atoms with E-state index in [1.807, 2.05) is 39.0 Å². The molecule has 2 aromatic rings. The van der Waals surface area contributed by atoms with Crippen molar-refractivity contribution < 1.29 is 14.3 Å². The highest BCUT2D eigenvalue weighted by Gasteiger charge is 2.07.